The Morgan fingerprint density at radius 2 is 1.73 bits per heavy atom. The van der Waals surface area contributed by atoms with Gasteiger partial charge in [-0.05, 0) is 88.7 Å². The maximum atomic E-state index is 16.0. The van der Waals surface area contributed by atoms with Crippen LogP contribution in [0.15, 0.2) is 47.7 Å². The minimum Gasteiger partial charge on any atom is -0.363 e. The van der Waals surface area contributed by atoms with E-state index in [1.807, 2.05) is 19.2 Å². The predicted molar refractivity (Wildman–Crippen MR) is 179 cm³/mol. The summed E-state index contributed by atoms with van der Waals surface area (Å²) < 4.78 is 59.7. The molecule has 4 aliphatic heterocycles. The molecule has 0 spiro atoms. The molecule has 14 heteroatoms. The molecule has 3 aromatic heterocycles. The lowest BCUT2D eigenvalue weighted by Crippen LogP contribution is -2.40. The van der Waals surface area contributed by atoms with Crippen LogP contribution < -0.4 is 10.9 Å². The van der Waals surface area contributed by atoms with Crippen molar-refractivity contribution in [2.75, 3.05) is 36.5 Å². The van der Waals surface area contributed by atoms with E-state index >= 15 is 8.78 Å². The molecule has 0 aliphatic carbocycles. The highest BCUT2D eigenvalue weighted by atomic mass is 32.2. The van der Waals surface area contributed by atoms with Crippen LogP contribution in [0.2, 0.25) is 0 Å². The van der Waals surface area contributed by atoms with Crippen LogP contribution in [0.1, 0.15) is 86.2 Å². The molecule has 2 fully saturated rings. The fourth-order valence-corrected chi connectivity index (χ4v) is 8.98. The summed E-state index contributed by atoms with van der Waals surface area (Å²) in [5.41, 5.74) is 1.99. The Bertz CT molecular complexity index is 1940. The number of hydrogen-bond acceptors (Lipinski definition) is 9. The Morgan fingerprint density at radius 1 is 0.958 bits per heavy atom. The van der Waals surface area contributed by atoms with Crippen molar-refractivity contribution in [3.63, 3.8) is 0 Å². The van der Waals surface area contributed by atoms with Gasteiger partial charge in [0.15, 0.2) is 0 Å². The fraction of sp³-hybridized carbons (Fsp3) is 0.559. The summed E-state index contributed by atoms with van der Waals surface area (Å²) in [5.74, 6) is -3.41. The van der Waals surface area contributed by atoms with Gasteiger partial charge in [-0.2, -0.15) is 0 Å². The Labute approximate surface area is 278 Å². The molecule has 1 aromatic carbocycles. The molecule has 0 saturated carbocycles. The standard InChI is InChI=1S/C34H42F2N8O3S/c1-23-25-6-5-7-27(18-25)34(35,36)26-8-14-42(15-9-26)12-3-2-4-13-43-20-28(40-41-43)21-44-32-30(31(39-23)37-22-38-32)19-29(33(44)45)24-10-16-48(46,47)17-11-24/h5-7,18-20,22-24,26H,2-4,8-17,21H2,1H3,(H,37,38,39)/t23-/m1/s1. The van der Waals surface area contributed by atoms with Gasteiger partial charge in [0.2, 0.25) is 0 Å². The summed E-state index contributed by atoms with van der Waals surface area (Å²) in [4.78, 5) is 25.5. The van der Waals surface area contributed by atoms with Crippen molar-refractivity contribution < 1.29 is 17.2 Å². The number of pyridine rings is 1. The van der Waals surface area contributed by atoms with E-state index in [0.29, 0.717) is 79.0 Å². The van der Waals surface area contributed by atoms with Crippen LogP contribution in [0.5, 0.6) is 0 Å². The summed E-state index contributed by atoms with van der Waals surface area (Å²) in [7, 11) is -3.14. The first kappa shape index (κ1) is 32.8. The second-order valence-electron chi connectivity index (χ2n) is 13.6. The fourth-order valence-electron chi connectivity index (χ4n) is 7.49. The molecule has 4 aromatic rings. The van der Waals surface area contributed by atoms with E-state index in [1.165, 1.54) is 12.4 Å². The second-order valence-corrected chi connectivity index (χ2v) is 15.9. The number of piperidine rings is 1. The Kier molecular flexibility index (Phi) is 9.05. The number of halogens is 2. The summed E-state index contributed by atoms with van der Waals surface area (Å²) >= 11 is 0. The number of rotatable bonds is 1. The zero-order chi connectivity index (χ0) is 33.5. The van der Waals surface area contributed by atoms with Gasteiger partial charge >= 0.3 is 0 Å². The SMILES string of the molecule is C[C@H]1Nc2ncnc3c2cc(C2CCS(=O)(=O)CC2)c(=O)n3Cc2cn(nn2)CCCCCN2CCC(CC2)C(F)(F)c2cccc1c2. The van der Waals surface area contributed by atoms with Crippen LogP contribution in [0.4, 0.5) is 14.6 Å². The van der Waals surface area contributed by atoms with Crippen LogP contribution in [0, 0.1) is 5.92 Å². The topological polar surface area (TPSA) is 128 Å². The molecular formula is C34H42F2N8O3S. The lowest BCUT2D eigenvalue weighted by Gasteiger charge is -2.36. The quantitative estimate of drug-likeness (QED) is 0.299. The van der Waals surface area contributed by atoms with Gasteiger partial charge in [0.25, 0.3) is 11.5 Å². The molecule has 8 rings (SSSR count). The van der Waals surface area contributed by atoms with Crippen molar-refractivity contribution in [3.8, 4) is 0 Å². The maximum absolute atomic E-state index is 16.0. The number of nitrogens with zero attached hydrogens (tertiary/aromatic N) is 7. The molecule has 256 valence electrons. The van der Waals surface area contributed by atoms with Gasteiger partial charge in [-0.15, -0.1) is 5.10 Å². The van der Waals surface area contributed by atoms with Crippen molar-refractivity contribution >= 4 is 26.7 Å². The van der Waals surface area contributed by atoms with Crippen LogP contribution in [0.25, 0.3) is 11.0 Å². The second kappa shape index (κ2) is 13.3. The van der Waals surface area contributed by atoms with Crippen molar-refractivity contribution in [2.45, 2.75) is 82.8 Å². The lowest BCUT2D eigenvalue weighted by atomic mass is 9.85. The summed E-state index contributed by atoms with van der Waals surface area (Å²) in [5, 5.41) is 12.7. The summed E-state index contributed by atoms with van der Waals surface area (Å²) in [6.07, 6.45) is 7.71. The van der Waals surface area contributed by atoms with Crippen LogP contribution in [0.3, 0.4) is 0 Å². The minimum atomic E-state index is -3.14. The number of benzene rings is 1. The summed E-state index contributed by atoms with van der Waals surface area (Å²) in [6, 6.07) is 8.02. The number of alkyl halides is 2. The molecule has 0 unspecified atom stereocenters. The molecule has 1 atom stereocenters. The lowest BCUT2D eigenvalue weighted by molar-refractivity contribution is -0.0855. The third kappa shape index (κ3) is 6.73. The first-order valence-electron chi connectivity index (χ1n) is 17.0. The number of aryl methyl sites for hydroxylation is 1. The molecular weight excluding hydrogens is 638 g/mol. The van der Waals surface area contributed by atoms with Crippen molar-refractivity contribution in [1.82, 2.24) is 34.4 Å². The molecule has 10 bridgehead atoms. The van der Waals surface area contributed by atoms with E-state index in [-0.39, 0.29) is 35.1 Å². The Balaban J connectivity index is 1.30. The zero-order valence-electron chi connectivity index (χ0n) is 27.2. The number of sulfone groups is 1. The highest BCUT2D eigenvalue weighted by Gasteiger charge is 2.42. The third-order valence-corrected chi connectivity index (χ3v) is 12.1. The van der Waals surface area contributed by atoms with Crippen molar-refractivity contribution in [3.05, 3.63) is 75.6 Å². The van der Waals surface area contributed by atoms with Crippen LogP contribution >= 0.6 is 0 Å². The largest absolute Gasteiger partial charge is 0.363 e. The smallest absolute Gasteiger partial charge is 0.276 e. The zero-order valence-corrected chi connectivity index (χ0v) is 28.0. The van der Waals surface area contributed by atoms with Crippen LogP contribution in [-0.4, -0.2) is 74.0 Å². The third-order valence-electron chi connectivity index (χ3n) is 10.4. The van der Waals surface area contributed by atoms with Gasteiger partial charge in [-0.25, -0.2) is 27.2 Å². The molecule has 2 saturated heterocycles. The van der Waals surface area contributed by atoms with E-state index in [9.17, 15) is 13.2 Å². The van der Waals surface area contributed by atoms with Gasteiger partial charge in [0.05, 0.1) is 29.6 Å². The van der Waals surface area contributed by atoms with Gasteiger partial charge < -0.3 is 10.2 Å². The molecule has 11 nitrogen and oxygen atoms in total. The maximum Gasteiger partial charge on any atom is 0.276 e. The number of fused-ring (bicyclic) bond motifs is 7. The Hall–Kier alpha value is -3.78. The molecule has 7 heterocycles. The average molecular weight is 681 g/mol. The first-order chi connectivity index (χ1) is 23.1. The van der Waals surface area contributed by atoms with E-state index in [0.717, 1.165) is 25.8 Å². The van der Waals surface area contributed by atoms with Crippen molar-refractivity contribution in [2.24, 2.45) is 5.92 Å². The van der Waals surface area contributed by atoms with Gasteiger partial charge in [-0.3, -0.25) is 14.0 Å². The highest BCUT2D eigenvalue weighted by molar-refractivity contribution is 7.91. The summed E-state index contributed by atoms with van der Waals surface area (Å²) in [6.45, 7) is 4.94. The van der Waals surface area contributed by atoms with Gasteiger partial charge in [0, 0.05) is 29.6 Å². The molecule has 1 N–H and O–H groups in total. The van der Waals surface area contributed by atoms with Crippen molar-refractivity contribution in [1.29, 1.82) is 0 Å². The van der Waals surface area contributed by atoms with Gasteiger partial charge in [0.1, 0.15) is 33.3 Å². The molecule has 0 amide bonds. The number of anilines is 1. The molecule has 48 heavy (non-hydrogen) atoms. The van der Waals surface area contributed by atoms with E-state index < -0.39 is 27.7 Å². The predicted octanol–water partition coefficient (Wildman–Crippen LogP) is 4.88. The normalized spacial score (nSPS) is 25.1. The molecule has 4 aliphatic rings. The monoisotopic (exact) mass is 680 g/mol. The first-order valence-corrected chi connectivity index (χ1v) is 18.8. The number of nitrogens with one attached hydrogen (secondary N) is 1. The Morgan fingerprint density at radius 3 is 2.52 bits per heavy atom. The van der Waals surface area contributed by atoms with Gasteiger partial charge in [-0.1, -0.05) is 29.8 Å². The molecule has 0 radical (unpaired) electrons. The van der Waals surface area contributed by atoms with E-state index in [1.54, 1.807) is 27.4 Å². The van der Waals surface area contributed by atoms with Crippen LogP contribution in [-0.2, 0) is 28.8 Å². The minimum absolute atomic E-state index is 0.0221. The number of aromatic nitrogens is 6. The highest BCUT2D eigenvalue weighted by Crippen LogP contribution is 2.42. The van der Waals surface area contributed by atoms with E-state index in [4.69, 9.17) is 0 Å². The average Bonchev–Trinajstić information content (AvgIpc) is 3.53. The number of hydrogen-bond donors (Lipinski definition) is 1. The van der Waals surface area contributed by atoms with E-state index in [2.05, 4.69) is 30.5 Å².